The number of fused-ring (bicyclic) bond motifs is 1. The van der Waals surface area contributed by atoms with Crippen LogP contribution in [0.25, 0.3) is 11.0 Å². The van der Waals surface area contributed by atoms with E-state index in [2.05, 4.69) is 16.9 Å². The first-order valence-corrected chi connectivity index (χ1v) is 13.1. The molecule has 1 heterocycles. The van der Waals surface area contributed by atoms with Crippen molar-refractivity contribution in [2.24, 2.45) is 0 Å². The normalized spacial score (nSPS) is 12.2. The second kappa shape index (κ2) is 14.2. The van der Waals surface area contributed by atoms with E-state index >= 15 is 0 Å². The fraction of sp³-hybridized carbons (Fsp3) is 0.625. The van der Waals surface area contributed by atoms with Crippen molar-refractivity contribution < 1.29 is 12.6 Å². The van der Waals surface area contributed by atoms with E-state index in [-0.39, 0.29) is 5.16 Å². The molecule has 0 radical (unpaired) electrons. The number of unbranched alkanes of at least 4 members (excludes halogenated alkanes) is 13. The summed E-state index contributed by atoms with van der Waals surface area (Å²) in [4.78, 5) is 6.86. The largest absolute Gasteiger partial charge is 0.385 e. The van der Waals surface area contributed by atoms with E-state index in [9.17, 15) is 8.42 Å². The number of nitrogens with one attached hydrogen (secondary N) is 1. The van der Waals surface area contributed by atoms with Crippen molar-refractivity contribution in [1.29, 1.82) is 0 Å². The number of para-hydroxylation sites is 2. The number of aromatic amines is 1. The van der Waals surface area contributed by atoms with Crippen LogP contribution < -0.4 is 0 Å². The molecule has 30 heavy (non-hydrogen) atoms. The van der Waals surface area contributed by atoms with Crippen LogP contribution in [0.15, 0.2) is 41.8 Å². The molecule has 6 heteroatoms. The van der Waals surface area contributed by atoms with Crippen LogP contribution in [-0.4, -0.2) is 18.4 Å². The fourth-order valence-corrected chi connectivity index (χ4v) is 4.31. The summed E-state index contributed by atoms with van der Waals surface area (Å²) in [5, 5.41) is -0.158. The number of hydrogen-bond donors (Lipinski definition) is 1. The van der Waals surface area contributed by atoms with Gasteiger partial charge in [0, 0.05) is 0 Å². The Morgan fingerprint density at radius 3 is 2.03 bits per heavy atom. The highest BCUT2D eigenvalue weighted by Gasteiger charge is 2.19. The highest BCUT2D eigenvalue weighted by atomic mass is 32.2. The first-order valence-electron chi connectivity index (χ1n) is 11.7. The molecule has 0 amide bonds. The van der Waals surface area contributed by atoms with Gasteiger partial charge in [0.25, 0.3) is 5.16 Å². The molecule has 168 valence electrons. The van der Waals surface area contributed by atoms with Gasteiger partial charge >= 0.3 is 10.1 Å². The van der Waals surface area contributed by atoms with Crippen molar-refractivity contribution in [1.82, 2.24) is 9.97 Å². The lowest BCUT2D eigenvalue weighted by molar-refractivity contribution is 0.435. The highest BCUT2D eigenvalue weighted by molar-refractivity contribution is 7.86. The van der Waals surface area contributed by atoms with Gasteiger partial charge in [-0.2, -0.15) is 8.42 Å². The van der Waals surface area contributed by atoms with E-state index in [0.29, 0.717) is 11.0 Å². The number of H-pyrrole nitrogens is 1. The Balaban J connectivity index is 1.47. The Morgan fingerprint density at radius 2 is 1.43 bits per heavy atom. The van der Waals surface area contributed by atoms with Crippen LogP contribution in [0, 0.1) is 0 Å². The molecule has 2 rings (SSSR count). The zero-order valence-electron chi connectivity index (χ0n) is 18.4. The summed E-state index contributed by atoms with van der Waals surface area (Å²) < 4.78 is 29.3. The maximum absolute atomic E-state index is 12.2. The molecule has 0 aliphatic carbocycles. The Bertz CT molecular complexity index is 810. The minimum atomic E-state index is -3.90. The van der Waals surface area contributed by atoms with E-state index in [4.69, 9.17) is 4.18 Å². The summed E-state index contributed by atoms with van der Waals surface area (Å²) in [6, 6.07) is 7.18. The van der Waals surface area contributed by atoms with Crippen molar-refractivity contribution in [2.75, 3.05) is 0 Å². The van der Waals surface area contributed by atoms with E-state index < -0.39 is 10.1 Å². The smallest absolute Gasteiger partial charge is 0.372 e. The molecule has 1 N–H and O–H groups in total. The van der Waals surface area contributed by atoms with Crippen LogP contribution in [0.2, 0.25) is 0 Å². The number of rotatable bonds is 17. The quantitative estimate of drug-likeness (QED) is 0.161. The van der Waals surface area contributed by atoms with Gasteiger partial charge in [0.15, 0.2) is 0 Å². The van der Waals surface area contributed by atoms with Crippen molar-refractivity contribution in [3.05, 3.63) is 36.6 Å². The number of hydrogen-bond acceptors (Lipinski definition) is 4. The highest BCUT2D eigenvalue weighted by Crippen LogP contribution is 2.16. The van der Waals surface area contributed by atoms with Gasteiger partial charge in [-0.1, -0.05) is 96.1 Å². The first kappa shape index (κ1) is 24.4. The molecule has 0 saturated carbocycles. The number of allylic oxidation sites excluding steroid dienone is 1. The molecule has 0 atom stereocenters. The summed E-state index contributed by atoms with van der Waals surface area (Å²) in [6.07, 6.45) is 21.1. The average molecular weight is 435 g/mol. The SMILES string of the molecule is CCCCCCCCCCCCCCCC=COS(=O)(=O)c1nc2ccccc2[nH]1. The van der Waals surface area contributed by atoms with Gasteiger partial charge in [-0.3, -0.25) is 0 Å². The minimum absolute atomic E-state index is 0.158. The zero-order valence-corrected chi connectivity index (χ0v) is 19.3. The summed E-state index contributed by atoms with van der Waals surface area (Å²) in [7, 11) is -3.90. The van der Waals surface area contributed by atoms with E-state index in [1.807, 2.05) is 12.1 Å². The van der Waals surface area contributed by atoms with Crippen molar-refractivity contribution in [2.45, 2.75) is 102 Å². The van der Waals surface area contributed by atoms with Crippen LogP contribution in [0.5, 0.6) is 0 Å². The van der Waals surface area contributed by atoms with Gasteiger partial charge < -0.3 is 9.17 Å². The summed E-state index contributed by atoms with van der Waals surface area (Å²) >= 11 is 0. The second-order valence-corrected chi connectivity index (χ2v) is 9.50. The number of benzene rings is 1. The Kier molecular flexibility index (Phi) is 11.6. The van der Waals surface area contributed by atoms with Crippen molar-refractivity contribution >= 4 is 21.2 Å². The molecule has 0 bridgehead atoms. The molecule has 0 fully saturated rings. The van der Waals surface area contributed by atoms with Gasteiger partial charge in [0.1, 0.15) is 6.26 Å². The molecule has 0 unspecified atom stereocenters. The standard InChI is InChI=1S/C24H38N2O3S/c1-2-3-4-5-6-7-8-9-10-11-12-13-14-15-18-21-29-30(27,28)24-25-22-19-16-17-20-23(22)26-24/h16-21H,2-15H2,1H3,(H,25,26). The molecule has 5 nitrogen and oxygen atoms in total. The van der Waals surface area contributed by atoms with Crippen LogP contribution >= 0.6 is 0 Å². The second-order valence-electron chi connectivity index (χ2n) is 8.01. The van der Waals surface area contributed by atoms with E-state index in [1.54, 1.807) is 18.2 Å². The topological polar surface area (TPSA) is 72.1 Å². The molecule has 0 spiro atoms. The lowest BCUT2D eigenvalue weighted by Crippen LogP contribution is -2.04. The van der Waals surface area contributed by atoms with Gasteiger partial charge in [-0.05, 0) is 31.1 Å². The third-order valence-electron chi connectivity index (χ3n) is 5.36. The Hall–Kier alpha value is -1.82. The van der Waals surface area contributed by atoms with Gasteiger partial charge in [0.2, 0.25) is 0 Å². The van der Waals surface area contributed by atoms with Crippen LogP contribution in [0.3, 0.4) is 0 Å². The molecule has 0 saturated heterocycles. The predicted octanol–water partition coefficient (Wildman–Crippen LogP) is 7.26. The summed E-state index contributed by atoms with van der Waals surface area (Å²) in [5.74, 6) is 0. The molecular formula is C24H38N2O3S. The molecule has 0 aliphatic heterocycles. The Labute approximate surface area is 182 Å². The minimum Gasteiger partial charge on any atom is -0.385 e. The fourth-order valence-electron chi connectivity index (χ4n) is 3.55. The predicted molar refractivity (Wildman–Crippen MR) is 124 cm³/mol. The molecule has 1 aromatic carbocycles. The monoisotopic (exact) mass is 434 g/mol. The molecule has 0 aliphatic rings. The first-order chi connectivity index (χ1) is 14.6. The maximum Gasteiger partial charge on any atom is 0.372 e. The van der Waals surface area contributed by atoms with Crippen LogP contribution in [0.1, 0.15) is 96.8 Å². The van der Waals surface area contributed by atoms with E-state index in [0.717, 1.165) is 12.8 Å². The summed E-state index contributed by atoms with van der Waals surface area (Å²) in [6.45, 7) is 2.26. The lowest BCUT2D eigenvalue weighted by Gasteiger charge is -2.02. The third kappa shape index (κ3) is 9.33. The zero-order chi connectivity index (χ0) is 21.5. The molecular weight excluding hydrogens is 396 g/mol. The van der Waals surface area contributed by atoms with E-state index in [1.165, 1.54) is 83.3 Å². The maximum atomic E-state index is 12.2. The molecule has 1 aromatic heterocycles. The molecule has 2 aromatic rings. The third-order valence-corrected chi connectivity index (χ3v) is 6.39. The lowest BCUT2D eigenvalue weighted by atomic mass is 10.0. The number of aromatic nitrogens is 2. The van der Waals surface area contributed by atoms with Gasteiger partial charge in [-0.15, -0.1) is 0 Å². The Morgan fingerprint density at radius 1 is 0.867 bits per heavy atom. The van der Waals surface area contributed by atoms with Gasteiger partial charge in [-0.25, -0.2) is 4.98 Å². The van der Waals surface area contributed by atoms with Crippen molar-refractivity contribution in [3.8, 4) is 0 Å². The van der Waals surface area contributed by atoms with Crippen molar-refractivity contribution in [3.63, 3.8) is 0 Å². The summed E-state index contributed by atoms with van der Waals surface area (Å²) in [5.41, 5.74) is 1.28. The number of imidazole rings is 1. The van der Waals surface area contributed by atoms with Crippen LogP contribution in [0.4, 0.5) is 0 Å². The van der Waals surface area contributed by atoms with Crippen LogP contribution in [-0.2, 0) is 14.3 Å². The van der Waals surface area contributed by atoms with Gasteiger partial charge in [0.05, 0.1) is 11.0 Å². The number of nitrogens with zero attached hydrogens (tertiary/aromatic N) is 1. The average Bonchev–Trinajstić information content (AvgIpc) is 3.19.